The van der Waals surface area contributed by atoms with Crippen molar-refractivity contribution < 1.29 is 9.53 Å². The number of anilines is 1. The van der Waals surface area contributed by atoms with E-state index >= 15 is 0 Å². The van der Waals surface area contributed by atoms with Gasteiger partial charge in [-0.2, -0.15) is 5.26 Å². The van der Waals surface area contributed by atoms with Crippen molar-refractivity contribution in [3.8, 4) is 22.9 Å². The van der Waals surface area contributed by atoms with E-state index in [-0.39, 0.29) is 5.91 Å². The first-order valence-corrected chi connectivity index (χ1v) is 6.47. The van der Waals surface area contributed by atoms with Crippen LogP contribution >= 0.6 is 11.3 Å². The molecule has 19 heavy (non-hydrogen) atoms. The third kappa shape index (κ3) is 2.75. The highest BCUT2D eigenvalue weighted by Crippen LogP contribution is 2.37. The van der Waals surface area contributed by atoms with Gasteiger partial charge < -0.3 is 10.1 Å². The third-order valence-corrected chi connectivity index (χ3v) is 3.46. The van der Waals surface area contributed by atoms with Crippen molar-refractivity contribution in [1.82, 2.24) is 0 Å². The van der Waals surface area contributed by atoms with Crippen LogP contribution in [0, 0.1) is 11.3 Å². The molecule has 1 heterocycles. The van der Waals surface area contributed by atoms with E-state index in [9.17, 15) is 4.79 Å². The SMILES string of the molecule is COc1cccc(-c2csc(C#N)c2NC(C)=O)c1. The maximum Gasteiger partial charge on any atom is 0.221 e. The predicted molar refractivity (Wildman–Crippen MR) is 75.3 cm³/mol. The Morgan fingerprint density at radius 2 is 2.26 bits per heavy atom. The molecule has 2 rings (SSSR count). The molecule has 0 spiro atoms. The fourth-order valence-corrected chi connectivity index (χ4v) is 2.56. The molecular formula is C14H12N2O2S. The summed E-state index contributed by atoms with van der Waals surface area (Å²) >= 11 is 1.31. The van der Waals surface area contributed by atoms with Gasteiger partial charge in [-0.15, -0.1) is 11.3 Å². The Morgan fingerprint density at radius 3 is 2.89 bits per heavy atom. The van der Waals surface area contributed by atoms with Gasteiger partial charge in [0.05, 0.1) is 12.8 Å². The molecule has 0 unspecified atom stereocenters. The van der Waals surface area contributed by atoms with Crippen molar-refractivity contribution in [3.05, 3.63) is 34.5 Å². The summed E-state index contributed by atoms with van der Waals surface area (Å²) < 4.78 is 5.18. The molecule has 2 aromatic rings. The number of carbonyl (C=O) groups excluding carboxylic acids is 1. The molecule has 0 fully saturated rings. The van der Waals surface area contributed by atoms with Gasteiger partial charge in [-0.05, 0) is 17.7 Å². The fraction of sp³-hybridized carbons (Fsp3) is 0.143. The highest BCUT2D eigenvalue weighted by molar-refractivity contribution is 7.11. The summed E-state index contributed by atoms with van der Waals surface area (Å²) in [5, 5.41) is 13.7. The average molecular weight is 272 g/mol. The lowest BCUT2D eigenvalue weighted by atomic mass is 10.1. The summed E-state index contributed by atoms with van der Waals surface area (Å²) in [5.74, 6) is 0.537. The second-order valence-corrected chi connectivity index (χ2v) is 4.76. The number of nitrogens with zero attached hydrogens (tertiary/aromatic N) is 1. The quantitative estimate of drug-likeness (QED) is 0.932. The number of thiophene rings is 1. The Hall–Kier alpha value is -2.32. The molecule has 96 valence electrons. The van der Waals surface area contributed by atoms with Crippen LogP contribution in [0.2, 0.25) is 0 Å². The average Bonchev–Trinajstić information content (AvgIpc) is 2.81. The first-order valence-electron chi connectivity index (χ1n) is 5.59. The molecule has 1 amide bonds. The lowest BCUT2D eigenvalue weighted by Gasteiger charge is -2.07. The molecule has 1 aromatic carbocycles. The number of amides is 1. The molecule has 0 aliphatic heterocycles. The molecule has 0 saturated heterocycles. The third-order valence-electron chi connectivity index (χ3n) is 2.57. The Balaban J connectivity index is 2.52. The molecule has 0 aliphatic rings. The number of hydrogen-bond donors (Lipinski definition) is 1. The Bertz CT molecular complexity index is 656. The minimum atomic E-state index is -0.195. The summed E-state index contributed by atoms with van der Waals surface area (Å²) in [6, 6.07) is 9.59. The van der Waals surface area contributed by atoms with E-state index in [1.165, 1.54) is 18.3 Å². The lowest BCUT2D eigenvalue weighted by Crippen LogP contribution is -2.06. The summed E-state index contributed by atoms with van der Waals surface area (Å²) in [4.78, 5) is 11.7. The Kier molecular flexibility index (Phi) is 3.83. The van der Waals surface area contributed by atoms with Crippen LogP contribution in [0.25, 0.3) is 11.1 Å². The van der Waals surface area contributed by atoms with Crippen molar-refractivity contribution in [3.63, 3.8) is 0 Å². The van der Waals surface area contributed by atoms with Crippen molar-refractivity contribution in [1.29, 1.82) is 5.26 Å². The zero-order valence-electron chi connectivity index (χ0n) is 10.6. The Morgan fingerprint density at radius 1 is 1.47 bits per heavy atom. The van der Waals surface area contributed by atoms with E-state index in [1.807, 2.05) is 29.6 Å². The van der Waals surface area contributed by atoms with Gasteiger partial charge in [0, 0.05) is 17.9 Å². The van der Waals surface area contributed by atoms with E-state index in [0.717, 1.165) is 16.9 Å². The topological polar surface area (TPSA) is 62.1 Å². The highest BCUT2D eigenvalue weighted by atomic mass is 32.1. The maximum absolute atomic E-state index is 11.2. The number of rotatable bonds is 3. The van der Waals surface area contributed by atoms with Crippen LogP contribution in [0.15, 0.2) is 29.6 Å². The Labute approximate surface area is 115 Å². The van der Waals surface area contributed by atoms with E-state index in [0.29, 0.717) is 10.6 Å². The standard InChI is InChI=1S/C14H12N2O2S/c1-9(17)16-14-12(8-19-13(14)7-15)10-4-3-5-11(6-10)18-2/h3-6,8H,1-2H3,(H,16,17). The molecule has 0 saturated carbocycles. The number of benzene rings is 1. The van der Waals surface area contributed by atoms with E-state index < -0.39 is 0 Å². The van der Waals surface area contributed by atoms with Gasteiger partial charge in [-0.1, -0.05) is 12.1 Å². The second kappa shape index (κ2) is 5.55. The summed E-state index contributed by atoms with van der Waals surface area (Å²) in [6.07, 6.45) is 0. The molecular weight excluding hydrogens is 260 g/mol. The largest absolute Gasteiger partial charge is 0.497 e. The van der Waals surface area contributed by atoms with Crippen LogP contribution in [-0.2, 0) is 4.79 Å². The van der Waals surface area contributed by atoms with Crippen LogP contribution in [0.3, 0.4) is 0 Å². The van der Waals surface area contributed by atoms with Crippen LogP contribution in [0.5, 0.6) is 5.75 Å². The van der Waals surface area contributed by atoms with Gasteiger partial charge >= 0.3 is 0 Å². The monoisotopic (exact) mass is 272 g/mol. The minimum Gasteiger partial charge on any atom is -0.497 e. The smallest absolute Gasteiger partial charge is 0.221 e. The molecule has 5 heteroatoms. The van der Waals surface area contributed by atoms with E-state index in [4.69, 9.17) is 10.00 Å². The summed E-state index contributed by atoms with van der Waals surface area (Å²) in [7, 11) is 1.60. The number of methoxy groups -OCH3 is 1. The molecule has 0 aliphatic carbocycles. The molecule has 4 nitrogen and oxygen atoms in total. The summed E-state index contributed by atoms with van der Waals surface area (Å²) in [6.45, 7) is 1.42. The van der Waals surface area contributed by atoms with Crippen molar-refractivity contribution in [2.45, 2.75) is 6.92 Å². The number of carbonyl (C=O) groups is 1. The predicted octanol–water partition coefficient (Wildman–Crippen LogP) is 3.25. The zero-order valence-corrected chi connectivity index (χ0v) is 11.4. The normalized spacial score (nSPS) is 9.74. The van der Waals surface area contributed by atoms with Gasteiger partial charge in [-0.25, -0.2) is 0 Å². The molecule has 0 radical (unpaired) electrons. The maximum atomic E-state index is 11.2. The van der Waals surface area contributed by atoms with Gasteiger partial charge in [0.1, 0.15) is 16.7 Å². The van der Waals surface area contributed by atoms with Crippen LogP contribution < -0.4 is 10.1 Å². The number of nitriles is 1. The molecule has 0 atom stereocenters. The number of nitrogens with one attached hydrogen (secondary N) is 1. The minimum absolute atomic E-state index is 0.195. The van der Waals surface area contributed by atoms with Gasteiger partial charge in [0.25, 0.3) is 0 Å². The van der Waals surface area contributed by atoms with Crippen LogP contribution in [-0.4, -0.2) is 13.0 Å². The van der Waals surface area contributed by atoms with E-state index in [1.54, 1.807) is 7.11 Å². The van der Waals surface area contributed by atoms with Crippen LogP contribution in [0.4, 0.5) is 5.69 Å². The first-order chi connectivity index (χ1) is 9.15. The zero-order chi connectivity index (χ0) is 13.8. The van der Waals surface area contributed by atoms with Crippen LogP contribution in [0.1, 0.15) is 11.8 Å². The fourth-order valence-electron chi connectivity index (χ4n) is 1.74. The number of ether oxygens (including phenoxy) is 1. The second-order valence-electron chi connectivity index (χ2n) is 3.88. The number of hydrogen-bond acceptors (Lipinski definition) is 4. The van der Waals surface area contributed by atoms with Crippen molar-refractivity contribution in [2.24, 2.45) is 0 Å². The van der Waals surface area contributed by atoms with Crippen molar-refractivity contribution >= 4 is 22.9 Å². The van der Waals surface area contributed by atoms with Gasteiger partial charge in [0.15, 0.2) is 0 Å². The highest BCUT2D eigenvalue weighted by Gasteiger charge is 2.14. The molecule has 1 aromatic heterocycles. The van der Waals surface area contributed by atoms with E-state index in [2.05, 4.69) is 11.4 Å². The van der Waals surface area contributed by atoms with Gasteiger partial charge in [-0.3, -0.25) is 4.79 Å². The lowest BCUT2D eigenvalue weighted by molar-refractivity contribution is -0.114. The summed E-state index contributed by atoms with van der Waals surface area (Å²) in [5.41, 5.74) is 2.30. The first kappa shape index (κ1) is 13.1. The van der Waals surface area contributed by atoms with Crippen molar-refractivity contribution in [2.75, 3.05) is 12.4 Å². The molecule has 0 bridgehead atoms. The molecule has 1 N–H and O–H groups in total. The van der Waals surface area contributed by atoms with Gasteiger partial charge in [0.2, 0.25) is 5.91 Å².